The number of rotatable bonds is 4. The molecule has 1 aliphatic heterocycles. The van der Waals surface area contributed by atoms with Gasteiger partial charge in [0.25, 0.3) is 5.91 Å². The van der Waals surface area contributed by atoms with E-state index in [2.05, 4.69) is 0 Å². The SMILES string of the molecule is O=C(c1ccccc1)C1CCN(C(=O)c2cc(-c3ccccc3)nc3ccccc23)CC1. The van der Waals surface area contributed by atoms with Crippen molar-refractivity contribution in [2.24, 2.45) is 5.92 Å². The maximum Gasteiger partial charge on any atom is 0.254 e. The average molecular weight is 421 g/mol. The standard InChI is InChI=1S/C28H24N2O2/c31-27(21-11-5-2-6-12-21)22-15-17-30(18-16-22)28(32)24-19-26(20-9-3-1-4-10-20)29-25-14-8-7-13-23(24)25/h1-14,19,22H,15-18H2. The van der Waals surface area contributed by atoms with Crippen molar-refractivity contribution in [1.29, 1.82) is 0 Å². The molecule has 32 heavy (non-hydrogen) atoms. The Balaban J connectivity index is 1.40. The zero-order valence-corrected chi connectivity index (χ0v) is 17.8. The van der Waals surface area contributed by atoms with Crippen molar-refractivity contribution in [3.8, 4) is 11.3 Å². The second-order valence-electron chi connectivity index (χ2n) is 8.23. The number of para-hydroxylation sites is 1. The van der Waals surface area contributed by atoms with Crippen LogP contribution < -0.4 is 0 Å². The molecule has 0 radical (unpaired) electrons. The normalized spacial score (nSPS) is 14.4. The monoisotopic (exact) mass is 420 g/mol. The molecule has 1 aliphatic rings. The number of hydrogen-bond acceptors (Lipinski definition) is 3. The van der Waals surface area contributed by atoms with Gasteiger partial charge in [0.05, 0.1) is 16.8 Å². The summed E-state index contributed by atoms with van der Waals surface area (Å²) in [6, 6.07) is 29.1. The lowest BCUT2D eigenvalue weighted by molar-refractivity contribution is 0.0652. The first-order valence-corrected chi connectivity index (χ1v) is 11.0. The quantitative estimate of drug-likeness (QED) is 0.402. The van der Waals surface area contributed by atoms with Gasteiger partial charge in [-0.25, -0.2) is 4.98 Å². The third-order valence-electron chi connectivity index (χ3n) is 6.23. The van der Waals surface area contributed by atoms with E-state index in [-0.39, 0.29) is 17.6 Å². The molecule has 0 bridgehead atoms. The van der Waals surface area contributed by atoms with E-state index in [1.165, 1.54) is 0 Å². The molecule has 0 N–H and O–H groups in total. The van der Waals surface area contributed by atoms with Gasteiger partial charge in [-0.2, -0.15) is 0 Å². The van der Waals surface area contributed by atoms with Crippen molar-refractivity contribution in [2.45, 2.75) is 12.8 Å². The van der Waals surface area contributed by atoms with Crippen molar-refractivity contribution in [2.75, 3.05) is 13.1 Å². The Hall–Kier alpha value is -3.79. The Kier molecular flexibility index (Phi) is 5.51. The van der Waals surface area contributed by atoms with Gasteiger partial charge in [-0.1, -0.05) is 78.9 Å². The van der Waals surface area contributed by atoms with Crippen LogP contribution in [0.25, 0.3) is 22.2 Å². The molecule has 0 atom stereocenters. The minimum Gasteiger partial charge on any atom is -0.339 e. The highest BCUT2D eigenvalue weighted by molar-refractivity contribution is 6.07. The van der Waals surface area contributed by atoms with E-state index in [9.17, 15) is 9.59 Å². The fourth-order valence-electron chi connectivity index (χ4n) is 4.46. The first-order chi connectivity index (χ1) is 15.7. The summed E-state index contributed by atoms with van der Waals surface area (Å²) in [5.74, 6) is 0.153. The summed E-state index contributed by atoms with van der Waals surface area (Å²) >= 11 is 0. The summed E-state index contributed by atoms with van der Waals surface area (Å²) in [6.45, 7) is 1.17. The molecule has 1 amide bonds. The predicted molar refractivity (Wildman–Crippen MR) is 127 cm³/mol. The number of carbonyl (C=O) groups is 2. The molecule has 5 rings (SSSR count). The largest absolute Gasteiger partial charge is 0.339 e. The molecule has 158 valence electrons. The highest BCUT2D eigenvalue weighted by Crippen LogP contribution is 2.28. The number of fused-ring (bicyclic) bond motifs is 1. The lowest BCUT2D eigenvalue weighted by Gasteiger charge is -2.31. The van der Waals surface area contributed by atoms with Gasteiger partial charge in [-0.15, -0.1) is 0 Å². The molecule has 0 spiro atoms. The first-order valence-electron chi connectivity index (χ1n) is 11.0. The van der Waals surface area contributed by atoms with Gasteiger partial charge >= 0.3 is 0 Å². The fourth-order valence-corrected chi connectivity index (χ4v) is 4.46. The molecule has 4 heteroatoms. The molecule has 2 heterocycles. The number of nitrogens with zero attached hydrogens (tertiary/aromatic N) is 2. The highest BCUT2D eigenvalue weighted by Gasteiger charge is 2.29. The van der Waals surface area contributed by atoms with Crippen LogP contribution in [0.3, 0.4) is 0 Å². The Morgan fingerprint density at radius 1 is 0.781 bits per heavy atom. The molecule has 1 saturated heterocycles. The van der Waals surface area contributed by atoms with E-state index in [0.29, 0.717) is 31.5 Å². The molecule has 3 aromatic carbocycles. The van der Waals surface area contributed by atoms with Crippen LogP contribution in [0.4, 0.5) is 0 Å². The summed E-state index contributed by atoms with van der Waals surface area (Å²) in [5, 5.41) is 0.861. The predicted octanol–water partition coefficient (Wildman–Crippen LogP) is 5.64. The zero-order valence-electron chi connectivity index (χ0n) is 17.8. The van der Waals surface area contributed by atoms with Crippen molar-refractivity contribution in [1.82, 2.24) is 9.88 Å². The van der Waals surface area contributed by atoms with E-state index < -0.39 is 0 Å². The van der Waals surface area contributed by atoms with E-state index in [0.717, 1.165) is 27.7 Å². The van der Waals surface area contributed by atoms with Gasteiger partial charge < -0.3 is 4.90 Å². The van der Waals surface area contributed by atoms with Crippen LogP contribution in [-0.4, -0.2) is 34.7 Å². The molecule has 4 nitrogen and oxygen atoms in total. The Labute approximate surface area is 187 Å². The number of aromatic nitrogens is 1. The minimum absolute atomic E-state index is 0.00592. The van der Waals surface area contributed by atoms with E-state index in [1.54, 1.807) is 0 Å². The first kappa shape index (κ1) is 20.1. The second kappa shape index (κ2) is 8.75. The van der Waals surface area contributed by atoms with Crippen LogP contribution in [-0.2, 0) is 0 Å². The number of ketones is 1. The molecule has 0 aliphatic carbocycles. The van der Waals surface area contributed by atoms with E-state index >= 15 is 0 Å². The van der Waals surface area contributed by atoms with Crippen LogP contribution in [0, 0.1) is 5.92 Å². The lowest BCUT2D eigenvalue weighted by atomic mass is 9.88. The third kappa shape index (κ3) is 3.92. The van der Waals surface area contributed by atoms with Crippen molar-refractivity contribution in [3.05, 3.63) is 102 Å². The highest BCUT2D eigenvalue weighted by atomic mass is 16.2. The van der Waals surface area contributed by atoms with Crippen molar-refractivity contribution >= 4 is 22.6 Å². The van der Waals surface area contributed by atoms with Crippen LogP contribution in [0.5, 0.6) is 0 Å². The van der Waals surface area contributed by atoms with Gasteiger partial charge in [-0.05, 0) is 25.0 Å². The van der Waals surface area contributed by atoms with E-state index in [4.69, 9.17) is 4.98 Å². The van der Waals surface area contributed by atoms with Crippen LogP contribution in [0.2, 0.25) is 0 Å². The average Bonchev–Trinajstić information content (AvgIpc) is 2.88. The summed E-state index contributed by atoms with van der Waals surface area (Å²) in [6.07, 6.45) is 1.38. The summed E-state index contributed by atoms with van der Waals surface area (Å²) < 4.78 is 0. The smallest absolute Gasteiger partial charge is 0.254 e. The number of amides is 1. The molecule has 0 unspecified atom stereocenters. The number of benzene rings is 3. The molecule has 0 saturated carbocycles. The maximum atomic E-state index is 13.6. The minimum atomic E-state index is -0.0319. The Morgan fingerprint density at radius 2 is 1.41 bits per heavy atom. The third-order valence-corrected chi connectivity index (χ3v) is 6.23. The van der Waals surface area contributed by atoms with Gasteiger partial charge in [0.2, 0.25) is 0 Å². The van der Waals surface area contributed by atoms with E-state index in [1.807, 2.05) is 95.9 Å². The molecule has 4 aromatic rings. The molecular weight excluding hydrogens is 396 g/mol. The number of pyridine rings is 1. The number of carbonyl (C=O) groups excluding carboxylic acids is 2. The molecular formula is C28H24N2O2. The van der Waals surface area contributed by atoms with Gasteiger partial charge in [-0.3, -0.25) is 9.59 Å². The van der Waals surface area contributed by atoms with Crippen LogP contribution >= 0.6 is 0 Å². The van der Waals surface area contributed by atoms with Crippen LogP contribution in [0.15, 0.2) is 91.0 Å². The summed E-state index contributed by atoms with van der Waals surface area (Å²) in [7, 11) is 0. The number of likely N-dealkylation sites (tertiary alicyclic amines) is 1. The summed E-state index contributed by atoms with van der Waals surface area (Å²) in [5.41, 5.74) is 4.01. The van der Waals surface area contributed by atoms with Crippen molar-refractivity contribution in [3.63, 3.8) is 0 Å². The molecule has 1 aromatic heterocycles. The Morgan fingerprint density at radius 3 is 2.12 bits per heavy atom. The Bertz CT molecular complexity index is 1260. The van der Waals surface area contributed by atoms with Crippen molar-refractivity contribution < 1.29 is 9.59 Å². The second-order valence-corrected chi connectivity index (χ2v) is 8.23. The van der Waals surface area contributed by atoms with Gasteiger partial charge in [0, 0.05) is 35.5 Å². The number of Topliss-reactive ketones (excluding diaryl/α,β-unsaturated/α-hetero) is 1. The zero-order chi connectivity index (χ0) is 21.9. The van der Waals surface area contributed by atoms with Gasteiger partial charge in [0.1, 0.15) is 0 Å². The van der Waals surface area contributed by atoms with Crippen LogP contribution in [0.1, 0.15) is 33.6 Å². The topological polar surface area (TPSA) is 50.3 Å². The number of piperidine rings is 1. The number of hydrogen-bond donors (Lipinski definition) is 0. The van der Waals surface area contributed by atoms with Gasteiger partial charge in [0.15, 0.2) is 5.78 Å². The molecule has 1 fully saturated rings. The lowest BCUT2D eigenvalue weighted by Crippen LogP contribution is -2.40. The maximum absolute atomic E-state index is 13.6. The summed E-state index contributed by atoms with van der Waals surface area (Å²) in [4.78, 5) is 33.0. The fraction of sp³-hybridized carbons (Fsp3) is 0.179.